The Morgan fingerprint density at radius 2 is 1.48 bits per heavy atom. The number of rotatable bonds is 19. The number of nitrogens with zero attached hydrogens (tertiary/aromatic N) is 1. The maximum atomic E-state index is 11.1. The summed E-state index contributed by atoms with van der Waals surface area (Å²) in [6.45, 7) is 5.82. The van der Waals surface area contributed by atoms with E-state index in [0.717, 1.165) is 38.8 Å². The van der Waals surface area contributed by atoms with E-state index in [1.54, 1.807) is 13.3 Å². The molecule has 0 amide bonds. The van der Waals surface area contributed by atoms with Crippen LogP contribution in [0.5, 0.6) is 0 Å². The van der Waals surface area contributed by atoms with Gasteiger partial charge in [-0.15, -0.1) is 0 Å². The average Bonchev–Trinajstić information content (AvgIpc) is 3.38. The summed E-state index contributed by atoms with van der Waals surface area (Å²) in [5.41, 5.74) is -2.00. The summed E-state index contributed by atoms with van der Waals surface area (Å²) >= 11 is 0. The molecule has 0 aromatic carbocycles. The fourth-order valence-electron chi connectivity index (χ4n) is 3.68. The van der Waals surface area contributed by atoms with E-state index in [1.165, 1.54) is 64.2 Å². The number of carboxylic acid groups (broad SMARTS) is 1. The molecule has 6 nitrogen and oxygen atoms in total. The molecule has 4 N–H and O–H groups in total. The summed E-state index contributed by atoms with van der Waals surface area (Å²) in [6, 6.07) is 0. The summed E-state index contributed by atoms with van der Waals surface area (Å²) in [5, 5.41) is 31.8. The van der Waals surface area contributed by atoms with E-state index in [1.807, 2.05) is 0 Å². The molecule has 0 aliphatic carbocycles. The van der Waals surface area contributed by atoms with Gasteiger partial charge in [-0.1, -0.05) is 90.2 Å². The van der Waals surface area contributed by atoms with Crippen LogP contribution in [0.25, 0.3) is 0 Å². The molecule has 1 aliphatic heterocycles. The van der Waals surface area contributed by atoms with Gasteiger partial charge in [0.05, 0.1) is 19.0 Å². The fourth-order valence-corrected chi connectivity index (χ4v) is 3.68. The number of carboxylic acids is 1. The molecular weight excluding hydrogens is 427 g/mol. The van der Waals surface area contributed by atoms with Crippen molar-refractivity contribution in [2.24, 2.45) is 4.99 Å². The molecule has 1 aliphatic rings. The summed E-state index contributed by atoms with van der Waals surface area (Å²) in [6.07, 6.45) is 22.6. The van der Waals surface area contributed by atoms with E-state index in [4.69, 9.17) is 5.11 Å². The van der Waals surface area contributed by atoms with Crippen LogP contribution in [-0.4, -0.2) is 82.0 Å². The van der Waals surface area contributed by atoms with E-state index in [-0.39, 0.29) is 36.0 Å². The van der Waals surface area contributed by atoms with Crippen LogP contribution in [0.4, 0.5) is 0 Å². The molecule has 0 aromatic heterocycles. The Hall–Kier alpha value is -0.400. The molecule has 2 atom stereocenters. The van der Waals surface area contributed by atoms with Crippen molar-refractivity contribution in [2.75, 3.05) is 13.1 Å². The van der Waals surface area contributed by atoms with Crippen LogP contribution in [0, 0.1) is 0 Å². The molecule has 2 unspecified atom stereocenters. The number of unbranched alkanes of at least 4 members (excludes halogenated alkanes) is 12. The van der Waals surface area contributed by atoms with E-state index in [0.29, 0.717) is 6.42 Å². The zero-order valence-corrected chi connectivity index (χ0v) is 20.7. The first kappa shape index (κ1) is 34.8. The van der Waals surface area contributed by atoms with Crippen molar-refractivity contribution in [3.63, 3.8) is 0 Å². The standard InChI is InChI=1S/C23H44O4.C3H6N2.Na.H/c1-3-5-6-7-8-9-10-11-12-13-14-15-16-17-18-19-20-21(24)23(27,4-2)22(25)26;1-2-5-3-4-1;;/h11-12,21,24,27H,3-10,13-20H2,1-2H3,(H,25,26);3H,1-2H2,(H,4,5);;/b12-11-;;;. The predicted octanol–water partition coefficient (Wildman–Crippen LogP) is 4.97. The van der Waals surface area contributed by atoms with Crippen molar-refractivity contribution in [1.29, 1.82) is 0 Å². The Morgan fingerprint density at radius 3 is 1.88 bits per heavy atom. The molecule has 0 fully saturated rings. The van der Waals surface area contributed by atoms with Gasteiger partial charge in [0.2, 0.25) is 0 Å². The molecular formula is C26H51N2NaO4. The molecule has 0 spiro atoms. The molecule has 0 radical (unpaired) electrons. The van der Waals surface area contributed by atoms with Gasteiger partial charge in [0, 0.05) is 6.54 Å². The third-order valence-electron chi connectivity index (χ3n) is 6.02. The van der Waals surface area contributed by atoms with Crippen molar-refractivity contribution in [2.45, 2.75) is 128 Å². The Labute approximate surface area is 225 Å². The van der Waals surface area contributed by atoms with E-state index in [9.17, 15) is 15.0 Å². The van der Waals surface area contributed by atoms with Crippen molar-refractivity contribution >= 4 is 41.9 Å². The minimum atomic E-state index is -2.00. The van der Waals surface area contributed by atoms with Crippen molar-refractivity contribution in [1.82, 2.24) is 5.32 Å². The number of allylic oxidation sites excluding steroid dienone is 2. The van der Waals surface area contributed by atoms with Gasteiger partial charge in [-0.25, -0.2) is 4.79 Å². The number of carbonyl (C=O) groups is 1. The average molecular weight is 479 g/mol. The summed E-state index contributed by atoms with van der Waals surface area (Å²) in [5.74, 6) is -1.33. The van der Waals surface area contributed by atoms with Crippen molar-refractivity contribution < 1.29 is 20.1 Å². The minimum absolute atomic E-state index is 0. The third-order valence-corrected chi connectivity index (χ3v) is 6.02. The Bertz CT molecular complexity index is 497. The molecule has 0 bridgehead atoms. The van der Waals surface area contributed by atoms with Gasteiger partial charge < -0.3 is 20.6 Å². The van der Waals surface area contributed by atoms with Crippen LogP contribution in [0.15, 0.2) is 17.1 Å². The predicted molar refractivity (Wildman–Crippen MR) is 141 cm³/mol. The van der Waals surface area contributed by atoms with Gasteiger partial charge in [-0.2, -0.15) is 0 Å². The van der Waals surface area contributed by atoms with Gasteiger partial charge >= 0.3 is 35.5 Å². The molecule has 33 heavy (non-hydrogen) atoms. The molecule has 1 heterocycles. The maximum absolute atomic E-state index is 11.1. The SMILES string of the molecule is C1=NCCN1.CCCCCCCC/C=C\CCCCCCCCC(O)C(O)(CC)C(=O)O.[NaH]. The molecule has 7 heteroatoms. The second-order valence-electron chi connectivity index (χ2n) is 8.81. The van der Waals surface area contributed by atoms with Crippen molar-refractivity contribution in [3.8, 4) is 0 Å². The van der Waals surface area contributed by atoms with Gasteiger partial charge in [0.15, 0.2) is 5.60 Å². The summed E-state index contributed by atoms with van der Waals surface area (Å²) in [7, 11) is 0. The number of aliphatic hydroxyl groups excluding tert-OH is 1. The normalized spacial score (nSPS) is 15.3. The van der Waals surface area contributed by atoms with E-state index < -0.39 is 17.7 Å². The second-order valence-corrected chi connectivity index (χ2v) is 8.81. The quantitative estimate of drug-likeness (QED) is 0.119. The van der Waals surface area contributed by atoms with Gasteiger partial charge in [0.1, 0.15) is 0 Å². The first-order valence-corrected chi connectivity index (χ1v) is 13.0. The topological polar surface area (TPSA) is 102 Å². The van der Waals surface area contributed by atoms with Crippen LogP contribution in [0.2, 0.25) is 0 Å². The van der Waals surface area contributed by atoms with E-state index >= 15 is 0 Å². The van der Waals surface area contributed by atoms with Crippen LogP contribution in [-0.2, 0) is 4.79 Å². The van der Waals surface area contributed by atoms with Crippen LogP contribution in [0.1, 0.15) is 117 Å². The number of nitrogens with one attached hydrogen (secondary N) is 1. The van der Waals surface area contributed by atoms with Crippen LogP contribution < -0.4 is 5.32 Å². The summed E-state index contributed by atoms with van der Waals surface area (Å²) in [4.78, 5) is 14.9. The van der Waals surface area contributed by atoms with Gasteiger partial charge in [-0.05, 0) is 38.5 Å². The molecule has 0 aromatic rings. The number of aliphatic carboxylic acids is 1. The monoisotopic (exact) mass is 478 g/mol. The Kier molecular flexibility index (Phi) is 26.0. The third kappa shape index (κ3) is 19.6. The van der Waals surface area contributed by atoms with E-state index in [2.05, 4.69) is 29.4 Å². The fraction of sp³-hybridized carbons (Fsp3) is 0.846. The van der Waals surface area contributed by atoms with Crippen LogP contribution >= 0.6 is 0 Å². The zero-order valence-electron chi connectivity index (χ0n) is 20.7. The first-order chi connectivity index (χ1) is 15.5. The first-order valence-electron chi connectivity index (χ1n) is 13.0. The molecule has 0 saturated carbocycles. The Balaban J connectivity index is 0. The molecule has 1 rings (SSSR count). The number of aliphatic imine (C=N–C) groups is 1. The van der Waals surface area contributed by atoms with Crippen LogP contribution in [0.3, 0.4) is 0 Å². The zero-order chi connectivity index (χ0) is 23.9. The number of hydrogen-bond donors (Lipinski definition) is 4. The molecule has 0 saturated heterocycles. The number of aliphatic hydroxyl groups is 2. The van der Waals surface area contributed by atoms with Gasteiger partial charge in [0.25, 0.3) is 0 Å². The molecule has 190 valence electrons. The second kappa shape index (κ2) is 24.7. The van der Waals surface area contributed by atoms with Crippen molar-refractivity contribution in [3.05, 3.63) is 12.2 Å². The van der Waals surface area contributed by atoms with Gasteiger partial charge in [-0.3, -0.25) is 4.99 Å². The Morgan fingerprint density at radius 1 is 0.970 bits per heavy atom. The summed E-state index contributed by atoms with van der Waals surface area (Å²) < 4.78 is 0. The number of hydrogen-bond acceptors (Lipinski definition) is 5.